The smallest absolute Gasteiger partial charge is 0.0750 e. The average Bonchev–Trinajstić information content (AvgIpc) is 2.16. The highest BCUT2D eigenvalue weighted by Crippen LogP contribution is 2.24. The summed E-state index contributed by atoms with van der Waals surface area (Å²) in [5.41, 5.74) is -0.0219. The monoisotopic (exact) mass is 213 g/mol. The standard InChI is InChI=1S/C13H27NO/c1-5-15-13(3,4)10-14-12-9-7-6-8-11(12)2/h11-12,14H,5-10H2,1-4H3. The van der Waals surface area contributed by atoms with Crippen LogP contribution in [0.2, 0.25) is 0 Å². The Balaban J connectivity index is 2.28. The van der Waals surface area contributed by atoms with E-state index in [1.807, 2.05) is 0 Å². The molecule has 2 atom stereocenters. The second-order valence-corrected chi connectivity index (χ2v) is 5.44. The first kappa shape index (κ1) is 13.0. The minimum Gasteiger partial charge on any atom is -0.375 e. The fourth-order valence-electron chi connectivity index (χ4n) is 2.44. The van der Waals surface area contributed by atoms with Gasteiger partial charge in [-0.25, -0.2) is 0 Å². The van der Waals surface area contributed by atoms with Crippen LogP contribution in [0.5, 0.6) is 0 Å². The SMILES string of the molecule is CCOC(C)(C)CNC1CCCCC1C. The molecule has 1 N–H and O–H groups in total. The molecule has 0 bridgehead atoms. The molecule has 1 saturated carbocycles. The minimum absolute atomic E-state index is 0.0219. The Morgan fingerprint density at radius 1 is 1.27 bits per heavy atom. The minimum atomic E-state index is -0.0219. The molecule has 0 heterocycles. The van der Waals surface area contributed by atoms with Crippen LogP contribution in [-0.4, -0.2) is 24.8 Å². The fraction of sp³-hybridized carbons (Fsp3) is 1.00. The quantitative estimate of drug-likeness (QED) is 0.758. The van der Waals surface area contributed by atoms with Crippen LogP contribution in [0.1, 0.15) is 53.4 Å². The van der Waals surface area contributed by atoms with Crippen molar-refractivity contribution in [2.45, 2.75) is 65.0 Å². The summed E-state index contributed by atoms with van der Waals surface area (Å²) in [5.74, 6) is 0.830. The van der Waals surface area contributed by atoms with Crippen LogP contribution in [-0.2, 0) is 4.74 Å². The number of ether oxygens (including phenoxy) is 1. The van der Waals surface area contributed by atoms with E-state index in [9.17, 15) is 0 Å². The molecular weight excluding hydrogens is 186 g/mol. The molecule has 2 unspecified atom stereocenters. The predicted molar refractivity (Wildman–Crippen MR) is 65.1 cm³/mol. The largest absolute Gasteiger partial charge is 0.375 e. The second-order valence-electron chi connectivity index (χ2n) is 5.44. The molecule has 0 radical (unpaired) electrons. The summed E-state index contributed by atoms with van der Waals surface area (Å²) in [5, 5.41) is 3.67. The maximum atomic E-state index is 5.69. The highest BCUT2D eigenvalue weighted by molar-refractivity contribution is 4.81. The summed E-state index contributed by atoms with van der Waals surface area (Å²) in [6, 6.07) is 0.707. The summed E-state index contributed by atoms with van der Waals surface area (Å²) in [6.45, 7) is 10.5. The Morgan fingerprint density at radius 2 is 1.93 bits per heavy atom. The Kier molecular flexibility index (Phi) is 5.07. The van der Waals surface area contributed by atoms with Gasteiger partial charge in [0.25, 0.3) is 0 Å². The van der Waals surface area contributed by atoms with E-state index in [0.717, 1.165) is 19.1 Å². The Hall–Kier alpha value is -0.0800. The predicted octanol–water partition coefficient (Wildman–Crippen LogP) is 2.97. The molecule has 0 saturated heterocycles. The third-order valence-electron chi connectivity index (χ3n) is 3.44. The van der Waals surface area contributed by atoms with E-state index in [1.165, 1.54) is 25.7 Å². The molecule has 0 aliphatic heterocycles. The van der Waals surface area contributed by atoms with Gasteiger partial charge in [0.05, 0.1) is 5.60 Å². The van der Waals surface area contributed by atoms with Crippen molar-refractivity contribution >= 4 is 0 Å². The highest BCUT2D eigenvalue weighted by atomic mass is 16.5. The van der Waals surface area contributed by atoms with Gasteiger partial charge in [0, 0.05) is 19.2 Å². The van der Waals surface area contributed by atoms with Crippen molar-refractivity contribution in [2.24, 2.45) is 5.92 Å². The lowest BCUT2D eigenvalue weighted by Gasteiger charge is -2.33. The lowest BCUT2D eigenvalue weighted by Crippen LogP contribution is -2.45. The summed E-state index contributed by atoms with van der Waals surface area (Å²) in [4.78, 5) is 0. The Labute approximate surface area is 94.8 Å². The van der Waals surface area contributed by atoms with Crippen LogP contribution >= 0.6 is 0 Å². The highest BCUT2D eigenvalue weighted by Gasteiger charge is 2.24. The average molecular weight is 213 g/mol. The van der Waals surface area contributed by atoms with Gasteiger partial charge in [-0.1, -0.05) is 19.8 Å². The molecule has 90 valence electrons. The molecule has 2 heteroatoms. The van der Waals surface area contributed by atoms with Crippen molar-refractivity contribution in [3.8, 4) is 0 Å². The third kappa shape index (κ3) is 4.52. The van der Waals surface area contributed by atoms with Gasteiger partial charge in [0.15, 0.2) is 0 Å². The molecule has 1 fully saturated rings. The van der Waals surface area contributed by atoms with Gasteiger partial charge in [-0.15, -0.1) is 0 Å². The summed E-state index contributed by atoms with van der Waals surface area (Å²) >= 11 is 0. The Morgan fingerprint density at radius 3 is 2.53 bits per heavy atom. The van der Waals surface area contributed by atoms with Gasteiger partial charge in [-0.05, 0) is 39.5 Å². The number of nitrogens with one attached hydrogen (secondary N) is 1. The summed E-state index contributed by atoms with van der Waals surface area (Å²) in [7, 11) is 0. The van der Waals surface area contributed by atoms with Gasteiger partial charge in [-0.2, -0.15) is 0 Å². The molecule has 1 rings (SSSR count). The van der Waals surface area contributed by atoms with Gasteiger partial charge < -0.3 is 10.1 Å². The maximum Gasteiger partial charge on any atom is 0.0750 e. The van der Waals surface area contributed by atoms with Gasteiger partial charge in [0.1, 0.15) is 0 Å². The van der Waals surface area contributed by atoms with Crippen molar-refractivity contribution in [3.05, 3.63) is 0 Å². The van der Waals surface area contributed by atoms with Gasteiger partial charge in [0.2, 0.25) is 0 Å². The van der Waals surface area contributed by atoms with Crippen molar-refractivity contribution in [3.63, 3.8) is 0 Å². The van der Waals surface area contributed by atoms with E-state index in [4.69, 9.17) is 4.74 Å². The molecule has 15 heavy (non-hydrogen) atoms. The van der Waals surface area contributed by atoms with Crippen LogP contribution in [0.15, 0.2) is 0 Å². The first-order valence-electron chi connectivity index (χ1n) is 6.42. The summed E-state index contributed by atoms with van der Waals surface area (Å²) < 4.78 is 5.69. The van der Waals surface area contributed by atoms with Crippen molar-refractivity contribution in [2.75, 3.05) is 13.2 Å². The molecule has 2 nitrogen and oxygen atoms in total. The molecular formula is C13H27NO. The lowest BCUT2D eigenvalue weighted by molar-refractivity contribution is -0.0125. The van der Waals surface area contributed by atoms with Crippen LogP contribution in [0, 0.1) is 5.92 Å². The first-order valence-corrected chi connectivity index (χ1v) is 6.42. The number of rotatable bonds is 5. The maximum absolute atomic E-state index is 5.69. The van der Waals surface area contributed by atoms with Gasteiger partial charge in [-0.3, -0.25) is 0 Å². The van der Waals surface area contributed by atoms with Crippen LogP contribution < -0.4 is 5.32 Å². The molecule has 1 aliphatic carbocycles. The first-order chi connectivity index (χ1) is 7.05. The zero-order chi connectivity index (χ0) is 11.3. The molecule has 0 aromatic rings. The number of hydrogen-bond acceptors (Lipinski definition) is 2. The van der Waals surface area contributed by atoms with Crippen molar-refractivity contribution < 1.29 is 4.74 Å². The van der Waals surface area contributed by atoms with E-state index in [-0.39, 0.29) is 5.60 Å². The van der Waals surface area contributed by atoms with E-state index in [1.54, 1.807) is 0 Å². The second kappa shape index (κ2) is 5.86. The summed E-state index contributed by atoms with van der Waals surface area (Å²) in [6.07, 6.45) is 5.52. The van der Waals surface area contributed by atoms with Crippen molar-refractivity contribution in [1.82, 2.24) is 5.32 Å². The fourth-order valence-corrected chi connectivity index (χ4v) is 2.44. The van der Waals surface area contributed by atoms with E-state index in [0.29, 0.717) is 6.04 Å². The number of hydrogen-bond donors (Lipinski definition) is 1. The third-order valence-corrected chi connectivity index (χ3v) is 3.44. The molecule has 0 amide bonds. The molecule has 1 aliphatic rings. The van der Waals surface area contributed by atoms with Crippen molar-refractivity contribution in [1.29, 1.82) is 0 Å². The zero-order valence-corrected chi connectivity index (χ0v) is 10.8. The molecule has 0 aromatic heterocycles. The topological polar surface area (TPSA) is 21.3 Å². The van der Waals surface area contributed by atoms with E-state index < -0.39 is 0 Å². The zero-order valence-electron chi connectivity index (χ0n) is 10.8. The molecule has 0 spiro atoms. The Bertz CT molecular complexity index is 179. The van der Waals surface area contributed by atoms with Crippen LogP contribution in [0.4, 0.5) is 0 Å². The lowest BCUT2D eigenvalue weighted by atomic mass is 9.85. The van der Waals surface area contributed by atoms with Crippen LogP contribution in [0.25, 0.3) is 0 Å². The molecule has 0 aromatic carbocycles. The normalized spacial score (nSPS) is 28.0. The van der Waals surface area contributed by atoms with Gasteiger partial charge >= 0.3 is 0 Å². The van der Waals surface area contributed by atoms with E-state index in [2.05, 4.69) is 33.0 Å². The van der Waals surface area contributed by atoms with E-state index >= 15 is 0 Å². The van der Waals surface area contributed by atoms with Crippen LogP contribution in [0.3, 0.4) is 0 Å².